The lowest BCUT2D eigenvalue weighted by molar-refractivity contribution is -0.115. The summed E-state index contributed by atoms with van der Waals surface area (Å²) in [6.45, 7) is 1.97. The third kappa shape index (κ3) is 2.80. The Labute approximate surface area is 111 Å². The molecule has 0 fully saturated rings. The van der Waals surface area contributed by atoms with Crippen LogP contribution in [0.5, 0.6) is 0 Å². The molecule has 1 N–H and O–H groups in total. The van der Waals surface area contributed by atoms with Gasteiger partial charge in [-0.1, -0.05) is 24.3 Å². The second-order valence-electron chi connectivity index (χ2n) is 4.29. The zero-order valence-corrected chi connectivity index (χ0v) is 10.8. The Bertz CT molecular complexity index is 652. The van der Waals surface area contributed by atoms with Gasteiger partial charge in [-0.2, -0.15) is 10.4 Å². The predicted molar refractivity (Wildman–Crippen MR) is 71.4 cm³/mol. The zero-order valence-electron chi connectivity index (χ0n) is 10.8. The van der Waals surface area contributed by atoms with E-state index in [2.05, 4.69) is 10.4 Å². The number of aryl methyl sites for hydroxylation is 2. The maximum Gasteiger partial charge on any atom is 0.229 e. The molecular formula is C14H14N4O. The first-order chi connectivity index (χ1) is 9.11. The summed E-state index contributed by atoms with van der Waals surface area (Å²) < 4.78 is 1.48. The van der Waals surface area contributed by atoms with E-state index >= 15 is 0 Å². The van der Waals surface area contributed by atoms with Crippen molar-refractivity contribution in [3.8, 4) is 6.07 Å². The van der Waals surface area contributed by atoms with E-state index in [9.17, 15) is 4.79 Å². The fourth-order valence-electron chi connectivity index (χ4n) is 1.83. The molecule has 0 saturated heterocycles. The minimum atomic E-state index is -0.158. The van der Waals surface area contributed by atoms with Crippen LogP contribution in [-0.2, 0) is 18.3 Å². The number of nitrogens with one attached hydrogen (secondary N) is 1. The van der Waals surface area contributed by atoms with Crippen LogP contribution < -0.4 is 5.32 Å². The van der Waals surface area contributed by atoms with Gasteiger partial charge in [-0.3, -0.25) is 9.48 Å². The predicted octanol–water partition coefficient (Wildman–Crippen LogP) is 1.78. The van der Waals surface area contributed by atoms with Gasteiger partial charge in [-0.05, 0) is 18.1 Å². The van der Waals surface area contributed by atoms with Crippen molar-refractivity contribution >= 4 is 11.7 Å². The SMILES string of the molecule is Cc1ccccc1CC(=O)Nc1c(C#N)cnn1C. The van der Waals surface area contributed by atoms with Crippen molar-refractivity contribution in [3.63, 3.8) is 0 Å². The highest BCUT2D eigenvalue weighted by molar-refractivity contribution is 5.92. The van der Waals surface area contributed by atoms with E-state index in [4.69, 9.17) is 5.26 Å². The van der Waals surface area contributed by atoms with Gasteiger partial charge in [0, 0.05) is 7.05 Å². The minimum absolute atomic E-state index is 0.158. The standard InChI is InChI=1S/C14H14N4O/c1-10-5-3-4-6-11(10)7-13(19)17-14-12(8-15)9-16-18(14)2/h3-6,9H,7H2,1-2H3,(H,17,19). The summed E-state index contributed by atoms with van der Waals surface area (Å²) in [5.41, 5.74) is 2.41. The number of hydrogen-bond acceptors (Lipinski definition) is 3. The molecule has 0 aliphatic rings. The van der Waals surface area contributed by atoms with Crippen molar-refractivity contribution in [1.82, 2.24) is 9.78 Å². The molecule has 2 aromatic rings. The van der Waals surface area contributed by atoms with Crippen molar-refractivity contribution in [2.75, 3.05) is 5.32 Å². The van der Waals surface area contributed by atoms with E-state index in [1.54, 1.807) is 7.05 Å². The summed E-state index contributed by atoms with van der Waals surface area (Å²) >= 11 is 0. The zero-order chi connectivity index (χ0) is 13.8. The van der Waals surface area contributed by atoms with Crippen LogP contribution in [0, 0.1) is 18.3 Å². The lowest BCUT2D eigenvalue weighted by Gasteiger charge is -2.07. The van der Waals surface area contributed by atoms with Crippen molar-refractivity contribution in [1.29, 1.82) is 5.26 Å². The number of nitriles is 1. The molecule has 0 saturated carbocycles. The van der Waals surface area contributed by atoms with Crippen LogP contribution in [0.25, 0.3) is 0 Å². The van der Waals surface area contributed by atoms with Gasteiger partial charge in [0.05, 0.1) is 12.6 Å². The quantitative estimate of drug-likeness (QED) is 0.907. The first-order valence-corrected chi connectivity index (χ1v) is 5.88. The van der Waals surface area contributed by atoms with E-state index in [1.165, 1.54) is 10.9 Å². The monoisotopic (exact) mass is 254 g/mol. The molecule has 0 spiro atoms. The molecule has 96 valence electrons. The third-order valence-corrected chi connectivity index (χ3v) is 2.93. The largest absolute Gasteiger partial charge is 0.310 e. The normalized spacial score (nSPS) is 9.95. The summed E-state index contributed by atoms with van der Waals surface area (Å²) in [5.74, 6) is 0.274. The molecule has 0 bridgehead atoms. The molecule has 1 aromatic carbocycles. The molecule has 0 unspecified atom stereocenters. The molecule has 5 heteroatoms. The maximum atomic E-state index is 12.0. The van der Waals surface area contributed by atoms with Gasteiger partial charge in [0.2, 0.25) is 5.91 Å². The number of carbonyl (C=O) groups is 1. The van der Waals surface area contributed by atoms with E-state index in [-0.39, 0.29) is 12.3 Å². The Morgan fingerprint density at radius 2 is 2.21 bits per heavy atom. The van der Waals surface area contributed by atoms with Crippen molar-refractivity contribution in [3.05, 3.63) is 47.2 Å². The Kier molecular flexibility index (Phi) is 3.62. The molecule has 0 radical (unpaired) electrons. The highest BCUT2D eigenvalue weighted by Gasteiger charge is 2.12. The highest BCUT2D eigenvalue weighted by Crippen LogP contribution is 2.14. The van der Waals surface area contributed by atoms with Crippen LogP contribution in [0.15, 0.2) is 30.5 Å². The van der Waals surface area contributed by atoms with Gasteiger partial charge in [-0.15, -0.1) is 0 Å². The number of carbonyl (C=O) groups excluding carboxylic acids is 1. The molecule has 1 amide bonds. The maximum absolute atomic E-state index is 12.0. The van der Waals surface area contributed by atoms with E-state index in [0.29, 0.717) is 11.4 Å². The number of nitrogens with zero attached hydrogens (tertiary/aromatic N) is 3. The first-order valence-electron chi connectivity index (χ1n) is 5.88. The van der Waals surface area contributed by atoms with E-state index in [1.807, 2.05) is 37.3 Å². The second kappa shape index (κ2) is 5.36. The Morgan fingerprint density at radius 3 is 2.89 bits per heavy atom. The Hall–Kier alpha value is -2.61. The molecule has 2 rings (SSSR count). The molecule has 1 heterocycles. The fraction of sp³-hybridized carbons (Fsp3) is 0.214. The number of aromatic nitrogens is 2. The highest BCUT2D eigenvalue weighted by atomic mass is 16.1. The topological polar surface area (TPSA) is 70.7 Å². The third-order valence-electron chi connectivity index (χ3n) is 2.93. The summed E-state index contributed by atoms with van der Waals surface area (Å²) in [4.78, 5) is 12.0. The Morgan fingerprint density at radius 1 is 1.47 bits per heavy atom. The number of rotatable bonds is 3. The van der Waals surface area contributed by atoms with E-state index in [0.717, 1.165) is 11.1 Å². The Balaban J connectivity index is 2.13. The molecule has 1 aromatic heterocycles. The molecule has 19 heavy (non-hydrogen) atoms. The van der Waals surface area contributed by atoms with Crippen LogP contribution >= 0.6 is 0 Å². The molecular weight excluding hydrogens is 240 g/mol. The lowest BCUT2D eigenvalue weighted by Crippen LogP contribution is -2.17. The van der Waals surface area contributed by atoms with Gasteiger partial charge in [0.25, 0.3) is 0 Å². The van der Waals surface area contributed by atoms with Crippen LogP contribution in [0.3, 0.4) is 0 Å². The number of anilines is 1. The van der Waals surface area contributed by atoms with Gasteiger partial charge in [-0.25, -0.2) is 0 Å². The summed E-state index contributed by atoms with van der Waals surface area (Å²) in [6.07, 6.45) is 1.71. The average Bonchev–Trinajstić information content (AvgIpc) is 2.73. The summed E-state index contributed by atoms with van der Waals surface area (Å²) in [5, 5.41) is 15.6. The number of amides is 1. The second-order valence-corrected chi connectivity index (χ2v) is 4.29. The van der Waals surface area contributed by atoms with Crippen molar-refractivity contribution in [2.24, 2.45) is 7.05 Å². The van der Waals surface area contributed by atoms with Gasteiger partial charge in [0.15, 0.2) is 0 Å². The number of benzene rings is 1. The van der Waals surface area contributed by atoms with Crippen LogP contribution in [0.2, 0.25) is 0 Å². The molecule has 0 atom stereocenters. The van der Waals surface area contributed by atoms with E-state index < -0.39 is 0 Å². The van der Waals surface area contributed by atoms with Gasteiger partial charge < -0.3 is 5.32 Å². The molecule has 0 aliphatic carbocycles. The summed E-state index contributed by atoms with van der Waals surface area (Å²) in [7, 11) is 1.68. The fourth-order valence-corrected chi connectivity index (χ4v) is 1.83. The lowest BCUT2D eigenvalue weighted by atomic mass is 10.1. The number of hydrogen-bond donors (Lipinski definition) is 1. The molecule has 5 nitrogen and oxygen atoms in total. The van der Waals surface area contributed by atoms with Gasteiger partial charge in [0.1, 0.15) is 17.5 Å². The smallest absolute Gasteiger partial charge is 0.229 e. The molecule has 0 aliphatic heterocycles. The van der Waals surface area contributed by atoms with Crippen molar-refractivity contribution in [2.45, 2.75) is 13.3 Å². The van der Waals surface area contributed by atoms with Crippen LogP contribution in [0.1, 0.15) is 16.7 Å². The van der Waals surface area contributed by atoms with Crippen molar-refractivity contribution < 1.29 is 4.79 Å². The van der Waals surface area contributed by atoms with Gasteiger partial charge >= 0.3 is 0 Å². The first kappa shape index (κ1) is 12.8. The average molecular weight is 254 g/mol. The minimum Gasteiger partial charge on any atom is -0.310 e. The van der Waals surface area contributed by atoms with Crippen LogP contribution in [0.4, 0.5) is 5.82 Å². The van der Waals surface area contributed by atoms with Crippen LogP contribution in [-0.4, -0.2) is 15.7 Å². The summed E-state index contributed by atoms with van der Waals surface area (Å²) in [6, 6.07) is 9.72.